The van der Waals surface area contributed by atoms with Crippen molar-refractivity contribution in [2.24, 2.45) is 5.92 Å². The number of likely N-dealkylation sites (tertiary alicyclic amines) is 1. The number of phenolic OH excluding ortho intramolecular Hbond substituents is 2. The van der Waals surface area contributed by atoms with Gasteiger partial charge in [-0.05, 0) is 105 Å². The van der Waals surface area contributed by atoms with Gasteiger partial charge in [0.05, 0.1) is 0 Å². The van der Waals surface area contributed by atoms with Crippen molar-refractivity contribution in [3.63, 3.8) is 0 Å². The van der Waals surface area contributed by atoms with Crippen molar-refractivity contribution < 1.29 is 32.9 Å². The second-order valence-electron chi connectivity index (χ2n) is 11.2. The molecule has 2 aliphatic rings. The molecule has 0 spiro atoms. The zero-order chi connectivity index (χ0) is 29.1. The number of piperidine rings is 1. The Morgan fingerprint density at radius 1 is 1.02 bits per heavy atom. The highest BCUT2D eigenvalue weighted by atomic mass is 19.4. The molecule has 0 bridgehead atoms. The lowest BCUT2D eigenvalue weighted by Gasteiger charge is -2.36. The molecule has 3 unspecified atom stereocenters. The smallest absolute Gasteiger partial charge is 0.389 e. The molecular formula is C33H36F3NO4. The van der Waals surface area contributed by atoms with Crippen LogP contribution in [0.15, 0.2) is 66.7 Å². The molecule has 41 heavy (non-hydrogen) atoms. The van der Waals surface area contributed by atoms with Crippen LogP contribution in [0.3, 0.4) is 0 Å². The summed E-state index contributed by atoms with van der Waals surface area (Å²) in [4.78, 5) is 2.24. The van der Waals surface area contributed by atoms with E-state index in [-0.39, 0.29) is 29.9 Å². The molecule has 0 amide bonds. The van der Waals surface area contributed by atoms with E-state index < -0.39 is 18.7 Å². The van der Waals surface area contributed by atoms with E-state index in [1.54, 1.807) is 36.4 Å². The van der Waals surface area contributed by atoms with Crippen LogP contribution in [-0.2, 0) is 0 Å². The van der Waals surface area contributed by atoms with Gasteiger partial charge in [0, 0.05) is 30.1 Å². The number of halogens is 3. The summed E-state index contributed by atoms with van der Waals surface area (Å²) in [6.45, 7) is 6.02. The van der Waals surface area contributed by atoms with Crippen LogP contribution in [0.2, 0.25) is 0 Å². The number of nitrogens with zero attached hydrogens (tertiary/aromatic N) is 1. The van der Waals surface area contributed by atoms with E-state index in [1.165, 1.54) is 0 Å². The predicted molar refractivity (Wildman–Crippen MR) is 153 cm³/mol. The quantitative estimate of drug-likeness (QED) is 0.289. The zero-order valence-electron chi connectivity index (χ0n) is 23.3. The van der Waals surface area contributed by atoms with Gasteiger partial charge < -0.3 is 19.7 Å². The Labute approximate surface area is 238 Å². The molecule has 5 nitrogen and oxygen atoms in total. The number of fused-ring (bicyclic) bond motifs is 1. The van der Waals surface area contributed by atoms with E-state index in [0.717, 1.165) is 47.2 Å². The number of phenols is 2. The third-order valence-corrected chi connectivity index (χ3v) is 8.12. The average Bonchev–Trinajstić information content (AvgIpc) is 2.95. The Morgan fingerprint density at radius 3 is 2.51 bits per heavy atom. The van der Waals surface area contributed by atoms with E-state index >= 15 is 0 Å². The molecule has 0 aliphatic carbocycles. The van der Waals surface area contributed by atoms with Crippen LogP contribution < -0.4 is 9.47 Å². The topological polar surface area (TPSA) is 62.2 Å². The molecule has 0 radical (unpaired) electrons. The van der Waals surface area contributed by atoms with Gasteiger partial charge in [-0.15, -0.1) is 0 Å². The summed E-state index contributed by atoms with van der Waals surface area (Å²) in [6.07, 6.45) is -3.33. The number of alkyl halides is 3. The molecule has 3 aromatic carbocycles. The number of allylic oxidation sites excluding steroid dienone is 1. The summed E-state index contributed by atoms with van der Waals surface area (Å²) in [5.74, 6) is 1.73. The number of aromatic hydroxyl groups is 2. The first-order chi connectivity index (χ1) is 19.6. The molecule has 2 aliphatic heterocycles. The van der Waals surface area contributed by atoms with Crippen molar-refractivity contribution in [2.45, 2.75) is 57.9 Å². The Kier molecular flexibility index (Phi) is 8.50. The van der Waals surface area contributed by atoms with Gasteiger partial charge in [-0.1, -0.05) is 24.3 Å². The molecule has 3 atom stereocenters. The molecule has 1 saturated heterocycles. The van der Waals surface area contributed by atoms with Crippen LogP contribution >= 0.6 is 0 Å². The van der Waals surface area contributed by atoms with Crippen molar-refractivity contribution in [1.82, 2.24) is 4.90 Å². The zero-order valence-corrected chi connectivity index (χ0v) is 23.3. The maximum absolute atomic E-state index is 12.7. The van der Waals surface area contributed by atoms with Gasteiger partial charge in [0.2, 0.25) is 0 Å². The summed E-state index contributed by atoms with van der Waals surface area (Å²) in [5.41, 5.74) is 4.37. The SMILES string of the molecule is CC1=C(c2cccc(O)c2)C(c2ccc(OCC(C)N3CCCC(CCC(F)(F)F)C3)cc2)Oc2ccc(O)cc21. The monoisotopic (exact) mass is 567 g/mol. The minimum absolute atomic E-state index is 0.0638. The molecule has 1 fully saturated rings. The van der Waals surface area contributed by atoms with E-state index in [4.69, 9.17) is 9.47 Å². The first kappa shape index (κ1) is 28.9. The lowest BCUT2D eigenvalue weighted by Crippen LogP contribution is -2.44. The van der Waals surface area contributed by atoms with Gasteiger partial charge in [0.1, 0.15) is 35.7 Å². The molecule has 218 valence electrons. The highest BCUT2D eigenvalue weighted by Crippen LogP contribution is 2.47. The maximum atomic E-state index is 12.7. The van der Waals surface area contributed by atoms with E-state index in [2.05, 4.69) is 11.8 Å². The van der Waals surface area contributed by atoms with Crippen LogP contribution in [0.1, 0.15) is 62.3 Å². The predicted octanol–water partition coefficient (Wildman–Crippen LogP) is 7.98. The minimum Gasteiger partial charge on any atom is -0.508 e. The Balaban J connectivity index is 1.28. The summed E-state index contributed by atoms with van der Waals surface area (Å²) in [7, 11) is 0. The Hall–Kier alpha value is -3.65. The third kappa shape index (κ3) is 6.99. The van der Waals surface area contributed by atoms with Gasteiger partial charge in [-0.25, -0.2) is 0 Å². The van der Waals surface area contributed by atoms with Gasteiger partial charge >= 0.3 is 6.18 Å². The summed E-state index contributed by atoms with van der Waals surface area (Å²) >= 11 is 0. The number of rotatable bonds is 8. The van der Waals surface area contributed by atoms with Gasteiger partial charge in [-0.3, -0.25) is 4.90 Å². The number of hydrogen-bond donors (Lipinski definition) is 2. The Morgan fingerprint density at radius 2 is 1.78 bits per heavy atom. The first-order valence-electron chi connectivity index (χ1n) is 14.1. The summed E-state index contributed by atoms with van der Waals surface area (Å²) in [5, 5.41) is 20.2. The van der Waals surface area contributed by atoms with Gasteiger partial charge in [0.25, 0.3) is 0 Å². The first-order valence-corrected chi connectivity index (χ1v) is 14.1. The van der Waals surface area contributed by atoms with E-state index in [1.807, 2.05) is 37.3 Å². The van der Waals surface area contributed by atoms with Crippen molar-refractivity contribution in [3.8, 4) is 23.0 Å². The van der Waals surface area contributed by atoms with Crippen molar-refractivity contribution >= 4 is 11.1 Å². The van der Waals surface area contributed by atoms with Crippen LogP contribution in [0.4, 0.5) is 13.2 Å². The molecule has 5 rings (SSSR count). The average molecular weight is 568 g/mol. The van der Waals surface area contributed by atoms with E-state index in [9.17, 15) is 23.4 Å². The number of benzene rings is 3. The highest BCUT2D eigenvalue weighted by molar-refractivity contribution is 5.95. The number of ether oxygens (including phenoxy) is 2. The third-order valence-electron chi connectivity index (χ3n) is 8.12. The lowest BCUT2D eigenvalue weighted by atomic mass is 9.86. The van der Waals surface area contributed by atoms with Crippen molar-refractivity contribution in [3.05, 3.63) is 83.4 Å². The lowest BCUT2D eigenvalue weighted by molar-refractivity contribution is -0.138. The van der Waals surface area contributed by atoms with Crippen LogP contribution in [0.5, 0.6) is 23.0 Å². The molecule has 2 N–H and O–H groups in total. The second-order valence-corrected chi connectivity index (χ2v) is 11.2. The van der Waals surface area contributed by atoms with Crippen molar-refractivity contribution in [2.75, 3.05) is 19.7 Å². The molecule has 3 aromatic rings. The molecule has 8 heteroatoms. The van der Waals surface area contributed by atoms with Gasteiger partial charge in [-0.2, -0.15) is 13.2 Å². The minimum atomic E-state index is -4.10. The molecule has 0 saturated carbocycles. The van der Waals surface area contributed by atoms with Gasteiger partial charge in [0.15, 0.2) is 0 Å². The fraction of sp³-hybridized carbons (Fsp3) is 0.394. The van der Waals surface area contributed by atoms with Crippen LogP contribution in [0, 0.1) is 5.92 Å². The largest absolute Gasteiger partial charge is 0.508 e. The van der Waals surface area contributed by atoms with Crippen molar-refractivity contribution in [1.29, 1.82) is 0 Å². The van der Waals surface area contributed by atoms with E-state index in [0.29, 0.717) is 24.7 Å². The highest BCUT2D eigenvalue weighted by Gasteiger charge is 2.32. The molecule has 0 aromatic heterocycles. The fourth-order valence-electron chi connectivity index (χ4n) is 5.88. The number of hydrogen-bond acceptors (Lipinski definition) is 5. The van der Waals surface area contributed by atoms with Crippen LogP contribution in [-0.4, -0.2) is 47.0 Å². The second kappa shape index (κ2) is 12.1. The van der Waals surface area contributed by atoms with Crippen LogP contribution in [0.25, 0.3) is 11.1 Å². The normalized spacial score (nSPS) is 20.3. The molecule has 2 heterocycles. The molecular weight excluding hydrogens is 531 g/mol. The summed E-state index contributed by atoms with van der Waals surface area (Å²) < 4.78 is 50.6. The maximum Gasteiger partial charge on any atom is 0.389 e. The Bertz CT molecular complexity index is 1390. The summed E-state index contributed by atoms with van der Waals surface area (Å²) in [6, 6.07) is 19.9. The standard InChI is InChI=1S/C33H36F3NO4/c1-21(37-16-4-5-23(19-37)14-15-33(34,35)36)20-40-28-11-8-24(9-12-28)32-31(25-6-3-7-26(38)17-25)22(2)29-18-27(39)10-13-30(29)41-32/h3,6-13,17-18,21,23,32,38-39H,4-5,14-16,19-20H2,1-2H3. The fourth-order valence-corrected chi connectivity index (χ4v) is 5.88.